The van der Waals surface area contributed by atoms with Crippen LogP contribution < -0.4 is 40.7 Å². The Balaban J connectivity index is 0. The van der Waals surface area contributed by atoms with E-state index in [1.807, 2.05) is 12.2 Å². The molecule has 3 aliphatic rings. The van der Waals surface area contributed by atoms with Crippen LogP contribution >= 0.6 is 28.3 Å². The summed E-state index contributed by atoms with van der Waals surface area (Å²) in [4.78, 5) is 95.4. The minimum Gasteiger partial charge on any atom is -0.662 e. The van der Waals surface area contributed by atoms with Crippen LogP contribution in [0.15, 0.2) is 123 Å². The van der Waals surface area contributed by atoms with Crippen LogP contribution in [0.3, 0.4) is 0 Å². The quantitative estimate of drug-likeness (QED) is 0.0210. The largest absolute Gasteiger partial charge is 1.00 e. The molecular formula is C45H53BrClN4NaO13. The van der Waals surface area contributed by atoms with Crippen molar-refractivity contribution in [1.82, 2.24) is 15.2 Å². The van der Waals surface area contributed by atoms with Crippen molar-refractivity contribution >= 4 is 70.3 Å². The fraction of sp³-hybridized carbons (Fsp3) is 0.267. The molecule has 0 saturated carbocycles. The van der Waals surface area contributed by atoms with Crippen LogP contribution in [0.1, 0.15) is 114 Å². The molecule has 0 saturated heterocycles. The Morgan fingerprint density at radius 2 is 0.815 bits per heavy atom. The summed E-state index contributed by atoms with van der Waals surface area (Å²) in [6.45, 7) is 15.4. The van der Waals surface area contributed by atoms with Crippen LogP contribution in [0.25, 0.3) is 0 Å². The summed E-state index contributed by atoms with van der Waals surface area (Å²) in [7, 11) is 0. The Morgan fingerprint density at radius 1 is 0.554 bits per heavy atom. The third-order valence-corrected chi connectivity index (χ3v) is 8.64. The van der Waals surface area contributed by atoms with Crippen LogP contribution in [-0.2, 0) is 24.2 Å². The number of carbonyl (C=O) groups is 7. The normalized spacial score (nSPS) is 12.2. The first-order valence-electron chi connectivity index (χ1n) is 19.4. The van der Waals surface area contributed by atoms with E-state index in [1.165, 1.54) is 18.6 Å². The summed E-state index contributed by atoms with van der Waals surface area (Å²) in [5, 5.41) is 20.3. The summed E-state index contributed by atoms with van der Waals surface area (Å²) >= 11 is 3.30. The van der Waals surface area contributed by atoms with Gasteiger partial charge in [-0.3, -0.25) is 48.4 Å². The number of benzene rings is 3. The Hall–Kier alpha value is -4.96. The third-order valence-electron chi connectivity index (χ3n) is 8.08. The number of allylic oxidation sites excluding steroid dienone is 4. The number of amides is 6. The number of unbranched alkanes of at least 4 members (excludes halogenated alkanes) is 4. The zero-order valence-corrected chi connectivity index (χ0v) is 40.6. The molecule has 20 heteroatoms. The number of nitrogens with two attached hydrogens (primary N) is 1. The summed E-state index contributed by atoms with van der Waals surface area (Å²) in [5.74, 6) is 1.88. The standard InChI is InChI=1S/2C13H13NO3.C8H5NO3.C5H9Br.C5H11NO.CH2O3.ClH.Na/c2*1-2-3-6-9-17-14-12(15)10-7-4-5-8-11(10)13(14)16;10-7-5-3-1-2-4-6(5)8(11)9(7)12;1-2-3-4-5-6;1-2-3-4-5-7-6;2-1-4-3;;/h2*2,4-5,7-8H,1,3,6,9H2;1-4,12H;2H,1,3-5H2;2H,1,3-6H2;1,3H;1H;/q;;;;;;;+1/p-1. The zero-order chi connectivity index (χ0) is 47.0. The van der Waals surface area contributed by atoms with Crippen molar-refractivity contribution < 1.29 is 93.0 Å². The van der Waals surface area contributed by atoms with Crippen LogP contribution in [0.4, 0.5) is 0 Å². The van der Waals surface area contributed by atoms with Crippen molar-refractivity contribution in [2.24, 2.45) is 5.90 Å². The molecule has 0 aromatic heterocycles. The minimum absolute atomic E-state index is 0. The molecule has 0 radical (unpaired) electrons. The summed E-state index contributed by atoms with van der Waals surface area (Å²) < 4.78 is 0. The predicted octanol–water partition coefficient (Wildman–Crippen LogP) is 4.08. The number of nitrogens with zero attached hydrogens (tertiary/aromatic N) is 3. The fourth-order valence-electron chi connectivity index (χ4n) is 5.04. The monoisotopic (exact) mass is 994 g/mol. The van der Waals surface area contributed by atoms with E-state index >= 15 is 0 Å². The molecule has 3 N–H and O–H groups in total. The molecule has 3 heterocycles. The van der Waals surface area contributed by atoms with E-state index in [0.717, 1.165) is 60.4 Å². The molecule has 0 bridgehead atoms. The van der Waals surface area contributed by atoms with Gasteiger partial charge in [-0.1, -0.05) is 76.6 Å². The van der Waals surface area contributed by atoms with Gasteiger partial charge in [0.15, 0.2) is 0 Å². The number of hydrogen-bond acceptors (Lipinski definition) is 14. The van der Waals surface area contributed by atoms with Gasteiger partial charge in [0, 0.05) is 5.33 Å². The number of imide groups is 3. The SMILES string of the molecule is C=CCCCBr.C=CCCCON.C=CCCCON1C(=O)c2ccccc2C1=O.C=CCCCON1C(=O)c2ccccc2C1=O.Cl.O=C1c2ccccc2C(=O)N1O.O=CO[O-].[Na+]. The van der Waals surface area contributed by atoms with Gasteiger partial charge in [0.25, 0.3) is 41.9 Å². The fourth-order valence-corrected chi connectivity index (χ4v) is 5.37. The Kier molecular flexibility index (Phi) is 35.6. The molecule has 65 heavy (non-hydrogen) atoms. The van der Waals surface area contributed by atoms with Crippen molar-refractivity contribution in [1.29, 1.82) is 0 Å². The molecule has 0 fully saturated rings. The van der Waals surface area contributed by atoms with Crippen molar-refractivity contribution in [2.75, 3.05) is 25.2 Å². The number of halogens is 2. The number of hydrogen-bond donors (Lipinski definition) is 2. The summed E-state index contributed by atoms with van der Waals surface area (Å²) in [5.41, 5.74) is 2.12. The molecule has 346 valence electrons. The van der Waals surface area contributed by atoms with Crippen LogP contribution in [0.2, 0.25) is 0 Å². The number of hydroxylamine groups is 6. The number of alkyl halides is 1. The molecule has 17 nitrogen and oxygen atoms in total. The van der Waals surface area contributed by atoms with Gasteiger partial charge >= 0.3 is 29.6 Å². The molecule has 0 atom stereocenters. The smallest absolute Gasteiger partial charge is 0.662 e. The molecule has 3 aromatic carbocycles. The van der Waals surface area contributed by atoms with Gasteiger partial charge in [0.05, 0.1) is 53.2 Å². The molecule has 3 aromatic rings. The maximum Gasteiger partial charge on any atom is 1.00 e. The van der Waals surface area contributed by atoms with E-state index < -0.39 is 11.8 Å². The number of fused-ring (bicyclic) bond motifs is 3. The number of carbonyl (C=O) groups excluding carboxylic acids is 7. The second-order valence-electron chi connectivity index (χ2n) is 12.5. The van der Waals surface area contributed by atoms with E-state index in [-0.39, 0.29) is 88.3 Å². The van der Waals surface area contributed by atoms with Crippen LogP contribution in [-0.4, -0.2) is 87.5 Å². The average molecular weight is 996 g/mol. The van der Waals surface area contributed by atoms with E-state index in [0.29, 0.717) is 42.1 Å². The van der Waals surface area contributed by atoms with E-state index in [2.05, 4.69) is 52.0 Å². The molecule has 0 spiro atoms. The molecular weight excluding hydrogens is 943 g/mol. The Morgan fingerprint density at radius 3 is 1.05 bits per heavy atom. The molecule has 6 rings (SSSR count). The van der Waals surface area contributed by atoms with Crippen molar-refractivity contribution in [3.05, 3.63) is 157 Å². The van der Waals surface area contributed by atoms with Gasteiger partial charge in [-0.25, -0.2) is 5.90 Å². The average Bonchev–Trinajstić information content (AvgIpc) is 3.81. The van der Waals surface area contributed by atoms with Crippen LogP contribution in [0.5, 0.6) is 0 Å². The number of rotatable bonds is 18. The Bertz CT molecular complexity index is 1830. The molecule has 6 amide bonds. The summed E-state index contributed by atoms with van der Waals surface area (Å²) in [6, 6.07) is 19.7. The first-order chi connectivity index (χ1) is 30.5. The van der Waals surface area contributed by atoms with Crippen molar-refractivity contribution in [3.63, 3.8) is 0 Å². The predicted molar refractivity (Wildman–Crippen MR) is 241 cm³/mol. The van der Waals surface area contributed by atoms with Gasteiger partial charge in [0.1, 0.15) is 0 Å². The van der Waals surface area contributed by atoms with Gasteiger partial charge in [-0.2, -0.15) is 0 Å². The van der Waals surface area contributed by atoms with Crippen LogP contribution in [0, 0.1) is 0 Å². The second kappa shape index (κ2) is 37.3. The van der Waals surface area contributed by atoms with Gasteiger partial charge in [-0.15, -0.1) is 53.9 Å². The second-order valence-corrected chi connectivity index (χ2v) is 13.3. The van der Waals surface area contributed by atoms with Gasteiger partial charge < -0.3 is 15.0 Å². The van der Waals surface area contributed by atoms with Gasteiger partial charge in [-0.05, 0) is 87.8 Å². The molecule has 3 aliphatic heterocycles. The van der Waals surface area contributed by atoms with E-state index in [4.69, 9.17) is 30.8 Å². The molecule has 0 aliphatic carbocycles. The Labute approximate surface area is 415 Å². The first-order valence-corrected chi connectivity index (χ1v) is 20.5. The van der Waals surface area contributed by atoms with Crippen molar-refractivity contribution in [2.45, 2.75) is 51.4 Å². The topological polar surface area (TPSA) is 235 Å². The van der Waals surface area contributed by atoms with Crippen molar-refractivity contribution in [3.8, 4) is 0 Å². The maximum atomic E-state index is 11.8. The third kappa shape index (κ3) is 20.8. The summed E-state index contributed by atoms with van der Waals surface area (Å²) in [6.07, 6.45) is 14.7. The van der Waals surface area contributed by atoms with E-state index in [1.54, 1.807) is 72.8 Å². The zero-order valence-electron chi connectivity index (χ0n) is 36.2. The van der Waals surface area contributed by atoms with Gasteiger partial charge in [0.2, 0.25) is 0 Å². The minimum atomic E-state index is -0.657. The maximum absolute atomic E-state index is 11.8. The van der Waals surface area contributed by atoms with E-state index in [9.17, 15) is 28.8 Å². The first kappa shape index (κ1) is 62.1. The molecule has 0 unspecified atom stereocenters.